The monoisotopic (exact) mass is 270 g/mol. The molecule has 18 heavy (non-hydrogen) atoms. The van der Waals surface area contributed by atoms with Gasteiger partial charge in [0.2, 0.25) is 5.91 Å². The number of benzene rings is 1. The SMILES string of the molecule is CC(Cl)C(=O)N1CCCN(C)c2cc(F)ccc21. The molecule has 1 aliphatic rings. The van der Waals surface area contributed by atoms with Crippen LogP contribution in [-0.4, -0.2) is 31.4 Å². The van der Waals surface area contributed by atoms with Gasteiger partial charge in [-0.2, -0.15) is 0 Å². The van der Waals surface area contributed by atoms with Crippen LogP contribution in [0.15, 0.2) is 18.2 Å². The molecule has 0 bridgehead atoms. The summed E-state index contributed by atoms with van der Waals surface area (Å²) < 4.78 is 13.3. The first-order valence-electron chi connectivity index (χ1n) is 5.97. The summed E-state index contributed by atoms with van der Waals surface area (Å²) in [5.41, 5.74) is 1.46. The van der Waals surface area contributed by atoms with Gasteiger partial charge in [-0.25, -0.2) is 4.39 Å². The molecule has 0 aromatic heterocycles. The average molecular weight is 271 g/mol. The van der Waals surface area contributed by atoms with E-state index in [1.807, 2.05) is 11.9 Å². The van der Waals surface area contributed by atoms with Crippen LogP contribution in [0.2, 0.25) is 0 Å². The second-order valence-electron chi connectivity index (χ2n) is 4.51. The molecule has 0 aliphatic carbocycles. The van der Waals surface area contributed by atoms with Crippen LogP contribution in [0.25, 0.3) is 0 Å². The van der Waals surface area contributed by atoms with Crippen LogP contribution in [0.4, 0.5) is 15.8 Å². The van der Waals surface area contributed by atoms with Crippen LogP contribution in [0, 0.1) is 5.82 Å². The molecule has 0 radical (unpaired) electrons. The molecular formula is C13H16ClFN2O. The number of hydrogen-bond acceptors (Lipinski definition) is 2. The van der Waals surface area contributed by atoms with Gasteiger partial charge >= 0.3 is 0 Å². The predicted molar refractivity (Wildman–Crippen MR) is 72.0 cm³/mol. The Morgan fingerprint density at radius 3 is 2.78 bits per heavy atom. The van der Waals surface area contributed by atoms with Gasteiger partial charge in [-0.1, -0.05) is 0 Å². The van der Waals surface area contributed by atoms with E-state index >= 15 is 0 Å². The second-order valence-corrected chi connectivity index (χ2v) is 5.17. The summed E-state index contributed by atoms with van der Waals surface area (Å²) in [7, 11) is 1.90. The Morgan fingerprint density at radius 2 is 2.11 bits per heavy atom. The van der Waals surface area contributed by atoms with E-state index in [2.05, 4.69) is 0 Å². The van der Waals surface area contributed by atoms with Crippen LogP contribution >= 0.6 is 11.6 Å². The maximum Gasteiger partial charge on any atom is 0.244 e. The lowest BCUT2D eigenvalue weighted by molar-refractivity contribution is -0.118. The number of carbonyl (C=O) groups excluding carboxylic acids is 1. The maximum atomic E-state index is 13.3. The van der Waals surface area contributed by atoms with Crippen molar-refractivity contribution in [2.45, 2.75) is 18.7 Å². The first-order chi connectivity index (χ1) is 8.50. The van der Waals surface area contributed by atoms with E-state index in [4.69, 9.17) is 11.6 Å². The predicted octanol–water partition coefficient (Wildman–Crippen LogP) is 2.63. The Morgan fingerprint density at radius 1 is 1.39 bits per heavy atom. The van der Waals surface area contributed by atoms with Crippen molar-refractivity contribution in [1.82, 2.24) is 0 Å². The van der Waals surface area contributed by atoms with Gasteiger partial charge in [-0.15, -0.1) is 11.6 Å². The van der Waals surface area contributed by atoms with Gasteiger partial charge in [0, 0.05) is 20.1 Å². The summed E-state index contributed by atoms with van der Waals surface area (Å²) in [5, 5.41) is -0.577. The van der Waals surface area contributed by atoms with Crippen molar-refractivity contribution in [3.8, 4) is 0 Å². The third-order valence-electron chi connectivity index (χ3n) is 3.12. The fraction of sp³-hybridized carbons (Fsp3) is 0.462. The first-order valence-corrected chi connectivity index (χ1v) is 6.40. The summed E-state index contributed by atoms with van der Waals surface area (Å²) in [6.07, 6.45) is 0.835. The summed E-state index contributed by atoms with van der Waals surface area (Å²) >= 11 is 5.87. The molecule has 1 unspecified atom stereocenters. The molecule has 0 N–H and O–H groups in total. The molecule has 1 aliphatic heterocycles. The minimum atomic E-state index is -0.577. The highest BCUT2D eigenvalue weighted by molar-refractivity contribution is 6.32. The number of fused-ring (bicyclic) bond motifs is 1. The van der Waals surface area contributed by atoms with Gasteiger partial charge in [0.15, 0.2) is 0 Å². The van der Waals surface area contributed by atoms with Crippen molar-refractivity contribution in [1.29, 1.82) is 0 Å². The van der Waals surface area contributed by atoms with Crippen LogP contribution < -0.4 is 9.80 Å². The van der Waals surface area contributed by atoms with Gasteiger partial charge in [-0.05, 0) is 31.5 Å². The number of hydrogen-bond donors (Lipinski definition) is 0. The lowest BCUT2D eigenvalue weighted by Crippen LogP contribution is -2.36. The van der Waals surface area contributed by atoms with Crippen molar-refractivity contribution in [2.75, 3.05) is 29.9 Å². The molecule has 1 atom stereocenters. The molecule has 1 aromatic carbocycles. The van der Waals surface area contributed by atoms with Crippen molar-refractivity contribution in [3.05, 3.63) is 24.0 Å². The zero-order valence-corrected chi connectivity index (χ0v) is 11.2. The molecule has 0 spiro atoms. The van der Waals surface area contributed by atoms with E-state index in [9.17, 15) is 9.18 Å². The Balaban J connectivity index is 2.46. The number of amides is 1. The molecule has 1 aromatic rings. The lowest BCUT2D eigenvalue weighted by Gasteiger charge is -2.25. The number of carbonyl (C=O) groups is 1. The van der Waals surface area contributed by atoms with Crippen molar-refractivity contribution in [3.63, 3.8) is 0 Å². The topological polar surface area (TPSA) is 23.6 Å². The standard InChI is InChI=1S/C13H16ClFN2O/c1-9(14)13(18)17-7-3-6-16(2)12-8-10(15)4-5-11(12)17/h4-5,8-9H,3,6-7H2,1-2H3. The molecule has 2 rings (SSSR count). The largest absolute Gasteiger partial charge is 0.373 e. The van der Waals surface area contributed by atoms with Crippen molar-refractivity contribution >= 4 is 28.9 Å². The van der Waals surface area contributed by atoms with Crippen LogP contribution in [0.3, 0.4) is 0 Å². The molecular weight excluding hydrogens is 255 g/mol. The number of halogens is 2. The molecule has 3 nitrogen and oxygen atoms in total. The Kier molecular flexibility index (Phi) is 3.76. The molecule has 1 amide bonds. The number of anilines is 2. The van der Waals surface area contributed by atoms with E-state index in [0.29, 0.717) is 6.54 Å². The molecule has 1 heterocycles. The average Bonchev–Trinajstić information content (AvgIpc) is 2.48. The van der Waals surface area contributed by atoms with Crippen molar-refractivity contribution < 1.29 is 9.18 Å². The highest BCUT2D eigenvalue weighted by Crippen LogP contribution is 2.32. The highest BCUT2D eigenvalue weighted by Gasteiger charge is 2.26. The van der Waals surface area contributed by atoms with Gasteiger partial charge in [0.05, 0.1) is 11.4 Å². The molecule has 0 saturated heterocycles. The Bertz CT molecular complexity index is 464. The summed E-state index contributed by atoms with van der Waals surface area (Å²) in [6.45, 7) is 3.05. The number of alkyl halides is 1. The van der Waals surface area contributed by atoms with Crippen LogP contribution in [-0.2, 0) is 4.79 Å². The number of rotatable bonds is 1. The zero-order valence-electron chi connectivity index (χ0n) is 10.5. The van der Waals surface area contributed by atoms with Gasteiger partial charge in [0.25, 0.3) is 0 Å². The van der Waals surface area contributed by atoms with E-state index in [-0.39, 0.29) is 11.7 Å². The molecule has 98 valence electrons. The maximum absolute atomic E-state index is 13.3. The summed E-state index contributed by atoms with van der Waals surface area (Å²) in [4.78, 5) is 15.7. The smallest absolute Gasteiger partial charge is 0.244 e. The Labute approximate surface area is 111 Å². The van der Waals surface area contributed by atoms with Gasteiger partial charge in [0.1, 0.15) is 11.2 Å². The fourth-order valence-corrected chi connectivity index (χ4v) is 2.30. The van der Waals surface area contributed by atoms with Gasteiger partial charge in [-0.3, -0.25) is 4.79 Å². The minimum absolute atomic E-state index is 0.139. The third kappa shape index (κ3) is 2.43. The van der Waals surface area contributed by atoms with E-state index in [1.165, 1.54) is 12.1 Å². The van der Waals surface area contributed by atoms with E-state index in [1.54, 1.807) is 17.9 Å². The molecule has 0 fully saturated rings. The van der Waals surface area contributed by atoms with Crippen molar-refractivity contribution in [2.24, 2.45) is 0 Å². The summed E-state index contributed by atoms with van der Waals surface area (Å²) in [6, 6.07) is 4.47. The highest BCUT2D eigenvalue weighted by atomic mass is 35.5. The normalized spacial score (nSPS) is 17.1. The third-order valence-corrected chi connectivity index (χ3v) is 3.31. The lowest BCUT2D eigenvalue weighted by atomic mass is 10.2. The van der Waals surface area contributed by atoms with E-state index < -0.39 is 5.38 Å². The van der Waals surface area contributed by atoms with Crippen LogP contribution in [0.1, 0.15) is 13.3 Å². The van der Waals surface area contributed by atoms with E-state index in [0.717, 1.165) is 24.3 Å². The number of nitrogens with zero attached hydrogens (tertiary/aromatic N) is 2. The summed E-state index contributed by atoms with van der Waals surface area (Å²) in [5.74, 6) is -0.436. The quantitative estimate of drug-likeness (QED) is 0.733. The van der Waals surface area contributed by atoms with Crippen LogP contribution in [0.5, 0.6) is 0 Å². The molecule has 5 heteroatoms. The fourth-order valence-electron chi connectivity index (χ4n) is 2.18. The minimum Gasteiger partial charge on any atom is -0.373 e. The first kappa shape index (κ1) is 13.1. The Hall–Kier alpha value is -1.29. The molecule has 0 saturated carbocycles. The second kappa shape index (κ2) is 5.14. The zero-order chi connectivity index (χ0) is 13.3. The van der Waals surface area contributed by atoms with Gasteiger partial charge < -0.3 is 9.80 Å².